The van der Waals surface area contributed by atoms with E-state index < -0.39 is 0 Å². The molecule has 1 fully saturated rings. The first-order valence-electron chi connectivity index (χ1n) is 8.40. The topological polar surface area (TPSA) is 44.4 Å². The quantitative estimate of drug-likeness (QED) is 0.758. The number of rotatable bonds is 7. The standard InChI is InChI=1S/C18H29N3O/c1-15-6-3-4-7-16(15)14-21-12-9-17(10-13-21)20-18(22)8-5-11-19-2/h3-4,6-7,17,19H,5,8-14H2,1-2H3,(H,20,22). The molecule has 1 aliphatic heterocycles. The van der Waals surface area contributed by atoms with Crippen molar-refractivity contribution in [1.82, 2.24) is 15.5 Å². The van der Waals surface area contributed by atoms with E-state index in [9.17, 15) is 4.79 Å². The highest BCUT2D eigenvalue weighted by molar-refractivity contribution is 5.76. The van der Waals surface area contributed by atoms with E-state index in [1.807, 2.05) is 7.05 Å². The summed E-state index contributed by atoms with van der Waals surface area (Å²) >= 11 is 0. The van der Waals surface area contributed by atoms with Gasteiger partial charge in [-0.1, -0.05) is 24.3 Å². The van der Waals surface area contributed by atoms with E-state index in [1.54, 1.807) is 0 Å². The summed E-state index contributed by atoms with van der Waals surface area (Å²) in [4.78, 5) is 14.3. The average molecular weight is 303 g/mol. The number of carbonyl (C=O) groups is 1. The molecule has 1 aromatic rings. The minimum Gasteiger partial charge on any atom is -0.353 e. The fourth-order valence-electron chi connectivity index (χ4n) is 2.99. The summed E-state index contributed by atoms with van der Waals surface area (Å²) in [5.74, 6) is 0.201. The monoisotopic (exact) mass is 303 g/mol. The molecule has 1 heterocycles. The number of nitrogens with one attached hydrogen (secondary N) is 2. The fourth-order valence-corrected chi connectivity index (χ4v) is 2.99. The number of hydrogen-bond donors (Lipinski definition) is 2. The van der Waals surface area contributed by atoms with Crippen LogP contribution in [0.4, 0.5) is 0 Å². The lowest BCUT2D eigenvalue weighted by molar-refractivity contribution is -0.122. The zero-order chi connectivity index (χ0) is 15.8. The summed E-state index contributed by atoms with van der Waals surface area (Å²) in [6, 6.07) is 8.95. The van der Waals surface area contributed by atoms with Crippen LogP contribution in [-0.4, -0.2) is 43.5 Å². The van der Waals surface area contributed by atoms with E-state index in [1.165, 1.54) is 11.1 Å². The van der Waals surface area contributed by atoms with Crippen molar-refractivity contribution in [2.24, 2.45) is 0 Å². The van der Waals surface area contributed by atoms with Crippen LogP contribution in [0.1, 0.15) is 36.8 Å². The number of amides is 1. The van der Waals surface area contributed by atoms with E-state index in [4.69, 9.17) is 0 Å². The Morgan fingerprint density at radius 2 is 2.00 bits per heavy atom. The lowest BCUT2D eigenvalue weighted by atomic mass is 10.0. The highest BCUT2D eigenvalue weighted by atomic mass is 16.1. The third kappa shape index (κ3) is 5.43. The third-order valence-corrected chi connectivity index (χ3v) is 4.44. The summed E-state index contributed by atoms with van der Waals surface area (Å²) in [7, 11) is 1.92. The first kappa shape index (κ1) is 17.0. The highest BCUT2D eigenvalue weighted by Crippen LogP contribution is 2.16. The molecule has 0 bridgehead atoms. The van der Waals surface area contributed by atoms with Crippen LogP contribution in [0.2, 0.25) is 0 Å². The molecule has 4 heteroatoms. The summed E-state index contributed by atoms with van der Waals surface area (Å²) < 4.78 is 0. The number of nitrogens with zero attached hydrogens (tertiary/aromatic N) is 1. The number of likely N-dealkylation sites (tertiary alicyclic amines) is 1. The predicted octanol–water partition coefficient (Wildman–Crippen LogP) is 2.08. The van der Waals surface area contributed by atoms with Gasteiger partial charge in [0.2, 0.25) is 5.91 Å². The molecule has 0 saturated carbocycles. The molecule has 1 amide bonds. The molecule has 0 unspecified atom stereocenters. The molecule has 2 rings (SSSR count). The van der Waals surface area contributed by atoms with Gasteiger partial charge in [0.05, 0.1) is 0 Å². The summed E-state index contributed by atoms with van der Waals surface area (Å²) in [6.07, 6.45) is 3.66. The van der Waals surface area contributed by atoms with Crippen LogP contribution in [0.25, 0.3) is 0 Å². The normalized spacial score (nSPS) is 16.6. The van der Waals surface area contributed by atoms with Gasteiger partial charge in [0.15, 0.2) is 0 Å². The SMILES string of the molecule is CNCCCC(=O)NC1CCN(Cc2ccccc2C)CC1. The van der Waals surface area contributed by atoms with Crippen LogP contribution in [0.5, 0.6) is 0 Å². The summed E-state index contributed by atoms with van der Waals surface area (Å²) in [6.45, 7) is 6.23. The number of hydrogen-bond acceptors (Lipinski definition) is 3. The Labute approximate surface area is 134 Å². The zero-order valence-electron chi connectivity index (χ0n) is 13.9. The van der Waals surface area contributed by atoms with Crippen molar-refractivity contribution in [3.63, 3.8) is 0 Å². The lowest BCUT2D eigenvalue weighted by Crippen LogP contribution is -2.44. The number of carbonyl (C=O) groups excluding carboxylic acids is 1. The highest BCUT2D eigenvalue weighted by Gasteiger charge is 2.20. The van der Waals surface area contributed by atoms with Gasteiger partial charge in [0.25, 0.3) is 0 Å². The molecular formula is C18H29N3O. The van der Waals surface area contributed by atoms with Crippen molar-refractivity contribution < 1.29 is 4.79 Å². The van der Waals surface area contributed by atoms with Gasteiger partial charge in [-0.3, -0.25) is 9.69 Å². The van der Waals surface area contributed by atoms with E-state index in [2.05, 4.69) is 46.7 Å². The maximum absolute atomic E-state index is 11.9. The van der Waals surface area contributed by atoms with Crippen LogP contribution < -0.4 is 10.6 Å². The molecule has 22 heavy (non-hydrogen) atoms. The molecular weight excluding hydrogens is 274 g/mol. The zero-order valence-corrected chi connectivity index (χ0v) is 13.9. The number of piperidine rings is 1. The largest absolute Gasteiger partial charge is 0.353 e. The van der Waals surface area contributed by atoms with Gasteiger partial charge in [0, 0.05) is 32.1 Å². The van der Waals surface area contributed by atoms with Crippen molar-refractivity contribution in [3.05, 3.63) is 35.4 Å². The molecule has 0 aromatic heterocycles. The van der Waals surface area contributed by atoms with Crippen LogP contribution in [0.3, 0.4) is 0 Å². The Bertz CT molecular complexity index is 467. The minimum atomic E-state index is 0.201. The third-order valence-electron chi connectivity index (χ3n) is 4.44. The van der Waals surface area contributed by atoms with E-state index in [0.29, 0.717) is 12.5 Å². The Morgan fingerprint density at radius 1 is 1.27 bits per heavy atom. The van der Waals surface area contributed by atoms with Crippen molar-refractivity contribution in [3.8, 4) is 0 Å². The maximum Gasteiger partial charge on any atom is 0.220 e. The molecule has 0 aliphatic carbocycles. The first-order chi connectivity index (χ1) is 10.7. The van der Waals surface area contributed by atoms with Gasteiger partial charge in [-0.2, -0.15) is 0 Å². The summed E-state index contributed by atoms with van der Waals surface area (Å²) in [5.41, 5.74) is 2.78. The molecule has 0 atom stereocenters. The smallest absolute Gasteiger partial charge is 0.220 e. The van der Waals surface area contributed by atoms with Crippen molar-refractivity contribution in [1.29, 1.82) is 0 Å². The maximum atomic E-state index is 11.9. The minimum absolute atomic E-state index is 0.201. The Kier molecular flexibility index (Phi) is 6.87. The van der Waals surface area contributed by atoms with E-state index >= 15 is 0 Å². The summed E-state index contributed by atoms with van der Waals surface area (Å²) in [5, 5.41) is 6.25. The molecule has 1 saturated heterocycles. The molecule has 122 valence electrons. The van der Waals surface area contributed by atoms with Gasteiger partial charge < -0.3 is 10.6 Å². The molecule has 1 aliphatic rings. The van der Waals surface area contributed by atoms with Crippen LogP contribution >= 0.6 is 0 Å². The Hall–Kier alpha value is -1.39. The van der Waals surface area contributed by atoms with Crippen LogP contribution in [-0.2, 0) is 11.3 Å². The van der Waals surface area contributed by atoms with E-state index in [0.717, 1.165) is 45.4 Å². The van der Waals surface area contributed by atoms with Gasteiger partial charge >= 0.3 is 0 Å². The van der Waals surface area contributed by atoms with Gasteiger partial charge in [-0.15, -0.1) is 0 Å². The van der Waals surface area contributed by atoms with Crippen LogP contribution in [0.15, 0.2) is 24.3 Å². The van der Waals surface area contributed by atoms with Crippen molar-refractivity contribution in [2.45, 2.75) is 45.2 Å². The van der Waals surface area contributed by atoms with Gasteiger partial charge in [0.1, 0.15) is 0 Å². The van der Waals surface area contributed by atoms with Gasteiger partial charge in [-0.25, -0.2) is 0 Å². The van der Waals surface area contributed by atoms with Crippen molar-refractivity contribution >= 4 is 5.91 Å². The molecule has 1 aromatic carbocycles. The van der Waals surface area contributed by atoms with Crippen molar-refractivity contribution in [2.75, 3.05) is 26.7 Å². The van der Waals surface area contributed by atoms with Crippen LogP contribution in [0, 0.1) is 6.92 Å². The second kappa shape index (κ2) is 8.91. The second-order valence-corrected chi connectivity index (χ2v) is 6.25. The average Bonchev–Trinajstić information content (AvgIpc) is 2.52. The Morgan fingerprint density at radius 3 is 2.68 bits per heavy atom. The lowest BCUT2D eigenvalue weighted by Gasteiger charge is -2.32. The molecule has 0 spiro atoms. The Balaban J connectivity index is 1.69. The first-order valence-corrected chi connectivity index (χ1v) is 8.40. The fraction of sp³-hybridized carbons (Fsp3) is 0.611. The van der Waals surface area contributed by atoms with E-state index in [-0.39, 0.29) is 5.91 Å². The molecule has 2 N–H and O–H groups in total. The molecule has 0 radical (unpaired) electrons. The second-order valence-electron chi connectivity index (χ2n) is 6.25. The predicted molar refractivity (Wildman–Crippen MR) is 90.8 cm³/mol. The molecule has 4 nitrogen and oxygen atoms in total. The van der Waals surface area contributed by atoms with Gasteiger partial charge in [-0.05, 0) is 50.9 Å². The number of aryl methyl sites for hydroxylation is 1. The number of benzene rings is 1.